The van der Waals surface area contributed by atoms with Crippen LogP contribution in [0.15, 0.2) is 24.3 Å². The monoisotopic (exact) mass is 278 g/mol. The van der Waals surface area contributed by atoms with Crippen LogP contribution in [0, 0.1) is 0 Å². The van der Waals surface area contributed by atoms with Crippen molar-refractivity contribution in [2.24, 2.45) is 0 Å². The van der Waals surface area contributed by atoms with E-state index in [-0.39, 0.29) is 0 Å². The summed E-state index contributed by atoms with van der Waals surface area (Å²) in [7, 11) is 3.90. The third-order valence-electron chi connectivity index (χ3n) is 3.87. The Hall–Kier alpha value is -1.26. The lowest BCUT2D eigenvalue weighted by molar-refractivity contribution is 0.146. The first-order valence-electron chi connectivity index (χ1n) is 7.45. The minimum absolute atomic E-state index is 0.593. The molecule has 1 saturated heterocycles. The molecule has 1 fully saturated rings. The van der Waals surface area contributed by atoms with E-state index in [9.17, 15) is 0 Å². The number of benzene rings is 1. The number of nitrogens with zero attached hydrogens (tertiary/aromatic N) is 1. The van der Waals surface area contributed by atoms with Crippen LogP contribution in [0.4, 0.5) is 5.69 Å². The fraction of sp³-hybridized carbons (Fsp3) is 0.625. The number of ether oxygens (including phenoxy) is 2. The van der Waals surface area contributed by atoms with Gasteiger partial charge >= 0.3 is 0 Å². The van der Waals surface area contributed by atoms with Crippen LogP contribution >= 0.6 is 0 Å². The summed E-state index contributed by atoms with van der Waals surface area (Å²) < 4.78 is 10.5. The topological polar surface area (TPSA) is 33.7 Å². The molecule has 0 bridgehead atoms. The summed E-state index contributed by atoms with van der Waals surface area (Å²) in [4.78, 5) is 2.46. The van der Waals surface area contributed by atoms with Gasteiger partial charge in [0, 0.05) is 25.4 Å². The predicted molar refractivity (Wildman–Crippen MR) is 82.6 cm³/mol. The zero-order chi connectivity index (χ0) is 14.2. The molecule has 1 aliphatic heterocycles. The van der Waals surface area contributed by atoms with Gasteiger partial charge in [-0.1, -0.05) is 6.42 Å². The molecule has 0 aliphatic carbocycles. The van der Waals surface area contributed by atoms with Gasteiger partial charge in [-0.2, -0.15) is 0 Å². The second kappa shape index (κ2) is 8.12. The van der Waals surface area contributed by atoms with E-state index < -0.39 is 0 Å². The molecule has 1 aromatic rings. The summed E-state index contributed by atoms with van der Waals surface area (Å²) >= 11 is 0. The summed E-state index contributed by atoms with van der Waals surface area (Å²) in [5.41, 5.74) is 1.16. The fourth-order valence-electron chi connectivity index (χ4n) is 2.55. The minimum atomic E-state index is 0.593. The molecule has 4 nitrogen and oxygen atoms in total. The molecule has 0 aromatic heterocycles. The van der Waals surface area contributed by atoms with Crippen molar-refractivity contribution in [1.29, 1.82) is 0 Å². The molecular weight excluding hydrogens is 252 g/mol. The highest BCUT2D eigenvalue weighted by Crippen LogP contribution is 2.18. The Kier molecular flexibility index (Phi) is 6.15. The molecular formula is C16H26N2O2. The SMILES string of the molecule is COCCOc1ccc(NCC2CCCCN2C)cc1. The number of likely N-dealkylation sites (tertiary alicyclic amines) is 1. The largest absolute Gasteiger partial charge is 0.491 e. The minimum Gasteiger partial charge on any atom is -0.491 e. The first kappa shape index (κ1) is 15.1. The summed E-state index contributed by atoms with van der Waals surface area (Å²) in [5.74, 6) is 0.891. The maximum Gasteiger partial charge on any atom is 0.119 e. The van der Waals surface area contributed by atoms with Gasteiger partial charge in [-0.25, -0.2) is 0 Å². The summed E-state index contributed by atoms with van der Waals surface area (Å²) in [6.07, 6.45) is 3.98. The predicted octanol–water partition coefficient (Wildman–Crippen LogP) is 2.61. The fourth-order valence-corrected chi connectivity index (χ4v) is 2.55. The van der Waals surface area contributed by atoms with Crippen LogP contribution in [0.1, 0.15) is 19.3 Å². The Morgan fingerprint density at radius 1 is 1.20 bits per heavy atom. The number of rotatable bonds is 7. The number of nitrogens with one attached hydrogen (secondary N) is 1. The molecule has 20 heavy (non-hydrogen) atoms. The molecule has 4 heteroatoms. The lowest BCUT2D eigenvalue weighted by Crippen LogP contribution is -2.40. The molecule has 0 radical (unpaired) electrons. The number of hydrogen-bond donors (Lipinski definition) is 1. The van der Waals surface area contributed by atoms with Crippen LogP contribution in [0.2, 0.25) is 0 Å². The van der Waals surface area contributed by atoms with Crippen LogP contribution < -0.4 is 10.1 Å². The maximum atomic E-state index is 5.55. The molecule has 1 aromatic carbocycles. The molecule has 0 saturated carbocycles. The van der Waals surface area contributed by atoms with E-state index in [1.807, 2.05) is 12.1 Å². The van der Waals surface area contributed by atoms with Crippen LogP contribution in [0.25, 0.3) is 0 Å². The summed E-state index contributed by atoms with van der Waals surface area (Å²) in [5, 5.41) is 3.52. The van der Waals surface area contributed by atoms with E-state index in [1.54, 1.807) is 7.11 Å². The molecule has 112 valence electrons. The molecule has 0 spiro atoms. The zero-order valence-electron chi connectivity index (χ0n) is 12.6. The van der Waals surface area contributed by atoms with Gasteiger partial charge in [0.25, 0.3) is 0 Å². The van der Waals surface area contributed by atoms with E-state index in [0.717, 1.165) is 18.0 Å². The van der Waals surface area contributed by atoms with Crippen LogP contribution in [0.5, 0.6) is 5.75 Å². The Labute approximate surface area is 122 Å². The number of anilines is 1. The van der Waals surface area contributed by atoms with Gasteiger partial charge < -0.3 is 19.7 Å². The number of piperidine rings is 1. The summed E-state index contributed by atoms with van der Waals surface area (Å²) in [6.45, 7) is 3.45. The van der Waals surface area contributed by atoms with Crippen molar-refractivity contribution in [3.8, 4) is 5.75 Å². The second-order valence-corrected chi connectivity index (χ2v) is 5.38. The maximum absolute atomic E-state index is 5.55. The van der Waals surface area contributed by atoms with E-state index in [4.69, 9.17) is 9.47 Å². The molecule has 1 N–H and O–H groups in total. The lowest BCUT2D eigenvalue weighted by atomic mass is 10.0. The number of likely N-dealkylation sites (N-methyl/N-ethyl adjacent to an activating group) is 1. The van der Waals surface area contributed by atoms with Gasteiger partial charge in [-0.05, 0) is 50.7 Å². The van der Waals surface area contributed by atoms with Crippen LogP contribution in [-0.2, 0) is 4.74 Å². The van der Waals surface area contributed by atoms with E-state index in [1.165, 1.54) is 25.8 Å². The van der Waals surface area contributed by atoms with E-state index >= 15 is 0 Å². The van der Waals surface area contributed by atoms with Crippen molar-refractivity contribution in [2.75, 3.05) is 45.8 Å². The number of hydrogen-bond acceptors (Lipinski definition) is 4. The average molecular weight is 278 g/mol. The van der Waals surface area contributed by atoms with Crippen molar-refractivity contribution in [2.45, 2.75) is 25.3 Å². The van der Waals surface area contributed by atoms with Gasteiger partial charge in [0.15, 0.2) is 0 Å². The molecule has 2 rings (SSSR count). The van der Waals surface area contributed by atoms with Gasteiger partial charge in [-0.3, -0.25) is 0 Å². The highest BCUT2D eigenvalue weighted by molar-refractivity contribution is 5.46. The first-order chi connectivity index (χ1) is 9.79. The quantitative estimate of drug-likeness (QED) is 0.777. The Morgan fingerprint density at radius 3 is 2.70 bits per heavy atom. The first-order valence-corrected chi connectivity index (χ1v) is 7.45. The third kappa shape index (κ3) is 4.69. The highest BCUT2D eigenvalue weighted by Gasteiger charge is 2.18. The second-order valence-electron chi connectivity index (χ2n) is 5.38. The van der Waals surface area contributed by atoms with Gasteiger partial charge in [0.1, 0.15) is 12.4 Å². The zero-order valence-corrected chi connectivity index (χ0v) is 12.6. The lowest BCUT2D eigenvalue weighted by Gasteiger charge is -2.32. The van der Waals surface area contributed by atoms with Crippen molar-refractivity contribution < 1.29 is 9.47 Å². The Morgan fingerprint density at radius 2 is 2.00 bits per heavy atom. The van der Waals surface area contributed by atoms with Gasteiger partial charge in [0.05, 0.1) is 6.61 Å². The molecule has 0 amide bonds. The standard InChI is InChI=1S/C16H26N2O2/c1-18-10-4-3-5-15(18)13-17-14-6-8-16(9-7-14)20-12-11-19-2/h6-9,15,17H,3-5,10-13H2,1-2H3. The van der Waals surface area contributed by atoms with Gasteiger partial charge in [0.2, 0.25) is 0 Å². The highest BCUT2D eigenvalue weighted by atomic mass is 16.5. The van der Waals surface area contributed by atoms with Crippen molar-refractivity contribution in [3.63, 3.8) is 0 Å². The van der Waals surface area contributed by atoms with Crippen LogP contribution in [0.3, 0.4) is 0 Å². The molecule has 1 aliphatic rings. The van der Waals surface area contributed by atoms with Crippen molar-refractivity contribution in [1.82, 2.24) is 4.90 Å². The third-order valence-corrected chi connectivity index (χ3v) is 3.87. The van der Waals surface area contributed by atoms with E-state index in [0.29, 0.717) is 19.3 Å². The molecule has 1 heterocycles. The van der Waals surface area contributed by atoms with Crippen molar-refractivity contribution in [3.05, 3.63) is 24.3 Å². The smallest absolute Gasteiger partial charge is 0.119 e. The number of methoxy groups -OCH3 is 1. The Balaban J connectivity index is 1.75. The molecule has 1 atom stereocenters. The molecule has 1 unspecified atom stereocenters. The van der Waals surface area contributed by atoms with Gasteiger partial charge in [-0.15, -0.1) is 0 Å². The van der Waals surface area contributed by atoms with Crippen molar-refractivity contribution >= 4 is 5.69 Å². The summed E-state index contributed by atoms with van der Waals surface area (Å²) in [6, 6.07) is 8.81. The van der Waals surface area contributed by atoms with Crippen LogP contribution in [-0.4, -0.2) is 51.4 Å². The normalized spacial score (nSPS) is 19.8. The average Bonchev–Trinajstić information content (AvgIpc) is 2.48. The van der Waals surface area contributed by atoms with E-state index in [2.05, 4.69) is 29.4 Å². The Bertz CT molecular complexity index is 381.